The van der Waals surface area contributed by atoms with Crippen LogP contribution in [0.2, 0.25) is 0 Å². The van der Waals surface area contributed by atoms with E-state index in [0.29, 0.717) is 5.56 Å². The largest absolute Gasteiger partial charge is 0.385 e. The van der Waals surface area contributed by atoms with E-state index in [-0.39, 0.29) is 5.91 Å². The van der Waals surface area contributed by atoms with Crippen molar-refractivity contribution in [3.8, 4) is 0 Å². The minimum absolute atomic E-state index is 0.258. The summed E-state index contributed by atoms with van der Waals surface area (Å²) < 4.78 is 5.00. The van der Waals surface area contributed by atoms with Crippen LogP contribution in [0.5, 0.6) is 0 Å². The summed E-state index contributed by atoms with van der Waals surface area (Å²) in [6.07, 6.45) is -0.00660. The van der Waals surface area contributed by atoms with Crippen molar-refractivity contribution in [2.75, 3.05) is 31.4 Å². The number of thioether (sulfide) groups is 1. The topological polar surface area (TPSA) is 49.8 Å². The molecule has 1 aromatic rings. The van der Waals surface area contributed by atoms with Gasteiger partial charge in [-0.25, -0.2) is 0 Å². The van der Waals surface area contributed by atoms with Crippen LogP contribution in [-0.2, 0) is 9.53 Å². The Labute approximate surface area is 111 Å². The van der Waals surface area contributed by atoms with Crippen LogP contribution in [-0.4, -0.2) is 37.5 Å². The molecule has 1 unspecified atom stereocenters. The maximum atomic E-state index is 11.6. The van der Waals surface area contributed by atoms with Gasteiger partial charge >= 0.3 is 0 Å². The first kappa shape index (κ1) is 13.4. The average Bonchev–Trinajstić information content (AvgIpc) is 2.60. The monoisotopic (exact) mass is 267 g/mol. The van der Waals surface area contributed by atoms with Gasteiger partial charge in [-0.1, -0.05) is 6.07 Å². The number of carbonyl (C=O) groups is 1. The summed E-state index contributed by atoms with van der Waals surface area (Å²) in [5.41, 5.74) is 1.51. The maximum Gasteiger partial charge on any atom is 0.260 e. The summed E-state index contributed by atoms with van der Waals surface area (Å²) in [5, 5.41) is 9.74. The summed E-state index contributed by atoms with van der Waals surface area (Å²) in [5.74, 6) is 0.721. The number of likely N-dealkylation sites (N-methyl/N-ethyl adjacent to an activating group) is 1. The van der Waals surface area contributed by atoms with E-state index in [0.717, 1.165) is 29.4 Å². The van der Waals surface area contributed by atoms with Crippen molar-refractivity contribution in [1.29, 1.82) is 0 Å². The molecule has 0 bridgehead atoms. The van der Waals surface area contributed by atoms with Gasteiger partial charge in [-0.05, 0) is 18.6 Å². The number of aliphatic hydroxyl groups excluding tert-OH is 1. The highest BCUT2D eigenvalue weighted by Gasteiger charge is 2.33. The number of amides is 1. The number of aliphatic hydroxyl groups is 1. The molecular weight excluding hydrogens is 250 g/mol. The van der Waals surface area contributed by atoms with E-state index in [1.165, 1.54) is 4.90 Å². The van der Waals surface area contributed by atoms with Gasteiger partial charge < -0.3 is 14.7 Å². The smallest absolute Gasteiger partial charge is 0.260 e. The molecule has 0 saturated carbocycles. The summed E-state index contributed by atoms with van der Waals surface area (Å²) in [6.45, 7) is 0.759. The molecule has 2 rings (SSSR count). The number of methoxy groups -OCH3 is 1. The zero-order valence-corrected chi connectivity index (χ0v) is 11.4. The Bertz CT molecular complexity index is 450. The van der Waals surface area contributed by atoms with Crippen LogP contribution < -0.4 is 4.90 Å². The van der Waals surface area contributed by atoms with E-state index >= 15 is 0 Å². The second-order valence-electron chi connectivity index (χ2n) is 4.22. The van der Waals surface area contributed by atoms with Crippen molar-refractivity contribution in [3.63, 3.8) is 0 Å². The van der Waals surface area contributed by atoms with Gasteiger partial charge in [0.15, 0.2) is 6.10 Å². The first-order valence-corrected chi connectivity index (χ1v) is 6.85. The predicted octanol–water partition coefficient (Wildman–Crippen LogP) is 1.82. The maximum absolute atomic E-state index is 11.6. The fraction of sp³-hybridized carbons (Fsp3) is 0.462. The van der Waals surface area contributed by atoms with E-state index in [1.807, 2.05) is 18.2 Å². The van der Waals surface area contributed by atoms with Gasteiger partial charge in [0.2, 0.25) is 0 Å². The number of fused-ring (bicyclic) bond motifs is 1. The highest BCUT2D eigenvalue weighted by Crippen LogP contribution is 2.37. The van der Waals surface area contributed by atoms with Crippen LogP contribution in [0.4, 0.5) is 5.69 Å². The Morgan fingerprint density at radius 2 is 2.28 bits per heavy atom. The highest BCUT2D eigenvalue weighted by atomic mass is 32.2. The molecule has 1 amide bonds. The number of benzene rings is 1. The molecule has 0 radical (unpaired) electrons. The van der Waals surface area contributed by atoms with E-state index in [9.17, 15) is 9.90 Å². The number of ether oxygens (including phenoxy) is 1. The zero-order chi connectivity index (χ0) is 13.1. The van der Waals surface area contributed by atoms with E-state index in [2.05, 4.69) is 0 Å². The van der Waals surface area contributed by atoms with Gasteiger partial charge in [-0.3, -0.25) is 4.79 Å². The van der Waals surface area contributed by atoms with Crippen LogP contribution in [0.3, 0.4) is 0 Å². The molecule has 1 aromatic carbocycles. The Morgan fingerprint density at radius 1 is 1.50 bits per heavy atom. The standard InChI is InChI=1S/C13H17NO3S/c1-14-11-8-9(18-7-3-6-17-2)4-5-10(11)12(15)13(14)16/h4-5,8,12,15H,3,6-7H2,1-2H3. The Balaban J connectivity index is 2.07. The number of hydrogen-bond acceptors (Lipinski definition) is 4. The molecule has 0 spiro atoms. The van der Waals surface area contributed by atoms with E-state index in [4.69, 9.17) is 4.74 Å². The van der Waals surface area contributed by atoms with Crippen molar-refractivity contribution in [2.45, 2.75) is 17.4 Å². The molecule has 18 heavy (non-hydrogen) atoms. The van der Waals surface area contributed by atoms with Gasteiger partial charge in [0.05, 0.1) is 5.69 Å². The van der Waals surface area contributed by atoms with Crippen LogP contribution in [0.1, 0.15) is 18.1 Å². The molecular formula is C13H17NO3S. The molecule has 1 aliphatic rings. The van der Waals surface area contributed by atoms with Gasteiger partial charge in [0.1, 0.15) is 0 Å². The Morgan fingerprint density at radius 3 is 3.00 bits per heavy atom. The number of carbonyl (C=O) groups excluding carboxylic acids is 1. The van der Waals surface area contributed by atoms with Gasteiger partial charge in [-0.15, -0.1) is 11.8 Å². The van der Waals surface area contributed by atoms with Crippen LogP contribution in [0, 0.1) is 0 Å². The summed E-state index contributed by atoms with van der Waals surface area (Å²) in [4.78, 5) is 14.2. The number of hydrogen-bond donors (Lipinski definition) is 1. The quantitative estimate of drug-likeness (QED) is 0.653. The first-order chi connectivity index (χ1) is 8.65. The van der Waals surface area contributed by atoms with Crippen LogP contribution in [0.25, 0.3) is 0 Å². The second kappa shape index (κ2) is 5.73. The molecule has 1 atom stereocenters. The van der Waals surface area contributed by atoms with Gasteiger partial charge in [-0.2, -0.15) is 0 Å². The molecule has 1 aliphatic heterocycles. The minimum atomic E-state index is -1.00. The fourth-order valence-corrected chi connectivity index (χ4v) is 2.82. The zero-order valence-electron chi connectivity index (χ0n) is 10.5. The van der Waals surface area contributed by atoms with Crippen molar-refractivity contribution >= 4 is 23.4 Å². The third kappa shape index (κ3) is 2.53. The third-order valence-electron chi connectivity index (χ3n) is 2.98. The van der Waals surface area contributed by atoms with Crippen LogP contribution in [0.15, 0.2) is 23.1 Å². The number of nitrogens with zero attached hydrogens (tertiary/aromatic N) is 1. The minimum Gasteiger partial charge on any atom is -0.385 e. The molecule has 4 nitrogen and oxygen atoms in total. The molecule has 1 N–H and O–H groups in total. The van der Waals surface area contributed by atoms with Gasteiger partial charge in [0.25, 0.3) is 5.91 Å². The van der Waals surface area contributed by atoms with Crippen LogP contribution >= 0.6 is 11.8 Å². The number of anilines is 1. The second-order valence-corrected chi connectivity index (χ2v) is 5.38. The molecule has 0 fully saturated rings. The normalized spacial score (nSPS) is 18.3. The van der Waals surface area contributed by atoms with E-state index in [1.54, 1.807) is 25.9 Å². The lowest BCUT2D eigenvalue weighted by molar-refractivity contribution is -0.125. The molecule has 0 saturated heterocycles. The Hall–Kier alpha value is -1.04. The predicted molar refractivity (Wildman–Crippen MR) is 72.0 cm³/mol. The number of rotatable bonds is 5. The first-order valence-electron chi connectivity index (χ1n) is 5.86. The van der Waals surface area contributed by atoms with Crippen molar-refractivity contribution in [3.05, 3.63) is 23.8 Å². The fourth-order valence-electron chi connectivity index (χ4n) is 1.96. The van der Waals surface area contributed by atoms with Gasteiger partial charge in [0, 0.05) is 37.0 Å². The lowest BCUT2D eigenvalue weighted by atomic mass is 10.1. The summed E-state index contributed by atoms with van der Waals surface area (Å²) >= 11 is 1.73. The van der Waals surface area contributed by atoms with Crippen molar-refractivity contribution in [1.82, 2.24) is 0 Å². The summed E-state index contributed by atoms with van der Waals surface area (Å²) in [6, 6.07) is 5.74. The lowest BCUT2D eigenvalue weighted by Crippen LogP contribution is -2.23. The molecule has 0 aliphatic carbocycles. The molecule has 1 heterocycles. The molecule has 98 valence electrons. The van der Waals surface area contributed by atoms with Crippen molar-refractivity contribution < 1.29 is 14.6 Å². The molecule has 5 heteroatoms. The average molecular weight is 267 g/mol. The van der Waals surface area contributed by atoms with E-state index < -0.39 is 6.10 Å². The highest BCUT2D eigenvalue weighted by molar-refractivity contribution is 7.99. The molecule has 0 aromatic heterocycles. The lowest BCUT2D eigenvalue weighted by Gasteiger charge is -2.10. The Kier molecular flexibility index (Phi) is 4.27. The van der Waals surface area contributed by atoms with Crippen molar-refractivity contribution in [2.24, 2.45) is 0 Å². The SMILES string of the molecule is COCCCSc1ccc2c(c1)N(C)C(=O)C2O. The third-order valence-corrected chi connectivity index (χ3v) is 4.06. The summed E-state index contributed by atoms with van der Waals surface area (Å²) in [7, 11) is 3.39.